The molecule has 1 amide bonds. The van der Waals surface area contributed by atoms with Crippen LogP contribution in [-0.2, 0) is 0 Å². The van der Waals surface area contributed by atoms with E-state index in [1.807, 2.05) is 25.1 Å². The highest BCUT2D eigenvalue weighted by molar-refractivity contribution is 5.96. The van der Waals surface area contributed by atoms with Gasteiger partial charge >= 0.3 is 0 Å². The lowest BCUT2D eigenvalue weighted by atomic mass is 9.83. The molecule has 1 aromatic rings. The van der Waals surface area contributed by atoms with Crippen molar-refractivity contribution in [3.63, 3.8) is 0 Å². The van der Waals surface area contributed by atoms with Crippen LogP contribution in [0.5, 0.6) is 0 Å². The van der Waals surface area contributed by atoms with Gasteiger partial charge in [-0.05, 0) is 62.3 Å². The summed E-state index contributed by atoms with van der Waals surface area (Å²) in [5.41, 5.74) is 3.24. The molecule has 0 heterocycles. The maximum absolute atomic E-state index is 12.4. The molecule has 21 heavy (non-hydrogen) atoms. The van der Waals surface area contributed by atoms with Crippen LogP contribution in [0.15, 0.2) is 18.2 Å². The van der Waals surface area contributed by atoms with E-state index < -0.39 is 0 Å². The van der Waals surface area contributed by atoms with Crippen LogP contribution in [0.4, 0.5) is 5.69 Å². The van der Waals surface area contributed by atoms with Crippen LogP contribution >= 0.6 is 0 Å². The summed E-state index contributed by atoms with van der Waals surface area (Å²) in [6, 6.07) is 5.95. The lowest BCUT2D eigenvalue weighted by molar-refractivity contribution is 0.0928. The van der Waals surface area contributed by atoms with Gasteiger partial charge in [0.15, 0.2) is 0 Å². The number of carbonyl (C=O) groups is 1. The van der Waals surface area contributed by atoms with Crippen molar-refractivity contribution in [2.45, 2.75) is 52.9 Å². The predicted molar refractivity (Wildman–Crippen MR) is 88.9 cm³/mol. The van der Waals surface area contributed by atoms with Crippen molar-refractivity contribution in [2.75, 3.05) is 18.4 Å². The second kappa shape index (κ2) is 6.97. The number of hydrogen-bond donors (Lipinski definition) is 2. The van der Waals surface area contributed by atoms with Gasteiger partial charge in [-0.25, -0.2) is 0 Å². The van der Waals surface area contributed by atoms with E-state index in [2.05, 4.69) is 24.5 Å². The van der Waals surface area contributed by atoms with Crippen molar-refractivity contribution in [3.05, 3.63) is 29.3 Å². The molecule has 1 aliphatic carbocycles. The summed E-state index contributed by atoms with van der Waals surface area (Å²) >= 11 is 0. The summed E-state index contributed by atoms with van der Waals surface area (Å²) in [5, 5.41) is 6.44. The van der Waals surface area contributed by atoms with Gasteiger partial charge in [0.1, 0.15) is 0 Å². The molecule has 1 fully saturated rings. The topological polar surface area (TPSA) is 41.1 Å². The summed E-state index contributed by atoms with van der Waals surface area (Å²) in [6.07, 6.45) is 6.27. The predicted octanol–water partition coefficient (Wildman–Crippen LogP) is 4.13. The molecule has 0 aromatic heterocycles. The van der Waals surface area contributed by atoms with Crippen molar-refractivity contribution in [3.8, 4) is 0 Å². The SMILES string of the molecule is CCNc1ccc(C(=O)NCC2(CC)CCCC2)c(C)c1. The van der Waals surface area contributed by atoms with Gasteiger partial charge in [0, 0.05) is 24.3 Å². The minimum Gasteiger partial charge on any atom is -0.385 e. The molecule has 2 N–H and O–H groups in total. The monoisotopic (exact) mass is 288 g/mol. The van der Waals surface area contributed by atoms with Gasteiger partial charge in [-0.3, -0.25) is 4.79 Å². The molecule has 0 aliphatic heterocycles. The Morgan fingerprint density at radius 1 is 1.24 bits per heavy atom. The molecular formula is C18H28N2O. The zero-order chi connectivity index (χ0) is 15.3. The van der Waals surface area contributed by atoms with E-state index in [0.29, 0.717) is 5.41 Å². The lowest BCUT2D eigenvalue weighted by Crippen LogP contribution is -2.35. The van der Waals surface area contributed by atoms with Crippen LogP contribution in [0.25, 0.3) is 0 Å². The number of nitrogens with one attached hydrogen (secondary N) is 2. The van der Waals surface area contributed by atoms with Gasteiger partial charge in [-0.1, -0.05) is 19.8 Å². The maximum Gasteiger partial charge on any atom is 0.251 e. The molecule has 1 aliphatic rings. The van der Waals surface area contributed by atoms with E-state index in [1.54, 1.807) is 0 Å². The fourth-order valence-corrected chi connectivity index (χ4v) is 3.38. The molecule has 3 heteroatoms. The van der Waals surface area contributed by atoms with E-state index in [9.17, 15) is 4.79 Å². The standard InChI is InChI=1S/C18H28N2O/c1-4-18(10-6-7-11-18)13-20-17(21)16-9-8-15(19-5-2)12-14(16)3/h8-9,12,19H,4-7,10-11,13H2,1-3H3,(H,20,21). The Kier molecular flexibility index (Phi) is 5.27. The first-order valence-corrected chi connectivity index (χ1v) is 8.23. The Bertz CT molecular complexity index is 490. The molecule has 0 saturated heterocycles. The highest BCUT2D eigenvalue weighted by Gasteiger charge is 2.32. The average Bonchev–Trinajstić information content (AvgIpc) is 2.95. The number of benzene rings is 1. The zero-order valence-electron chi connectivity index (χ0n) is 13.6. The van der Waals surface area contributed by atoms with E-state index in [0.717, 1.165) is 36.3 Å². The highest BCUT2D eigenvalue weighted by atomic mass is 16.1. The Morgan fingerprint density at radius 2 is 1.95 bits per heavy atom. The summed E-state index contributed by atoms with van der Waals surface area (Å²) in [5.74, 6) is 0.0651. The summed E-state index contributed by atoms with van der Waals surface area (Å²) in [4.78, 5) is 12.4. The number of carbonyl (C=O) groups excluding carboxylic acids is 1. The molecule has 3 nitrogen and oxygen atoms in total. The molecule has 0 spiro atoms. The Hall–Kier alpha value is -1.51. The van der Waals surface area contributed by atoms with Gasteiger partial charge in [-0.2, -0.15) is 0 Å². The van der Waals surface area contributed by atoms with Gasteiger partial charge < -0.3 is 10.6 Å². The molecule has 0 radical (unpaired) electrons. The number of amides is 1. The van der Waals surface area contributed by atoms with Gasteiger partial charge in [-0.15, -0.1) is 0 Å². The van der Waals surface area contributed by atoms with Gasteiger partial charge in [0.25, 0.3) is 5.91 Å². The fraction of sp³-hybridized carbons (Fsp3) is 0.611. The Labute approximate surface area is 128 Å². The molecular weight excluding hydrogens is 260 g/mol. The van der Waals surface area contributed by atoms with Gasteiger partial charge in [0.2, 0.25) is 0 Å². The smallest absolute Gasteiger partial charge is 0.251 e. The number of anilines is 1. The molecule has 0 unspecified atom stereocenters. The minimum atomic E-state index is 0.0651. The third-order valence-electron chi connectivity index (χ3n) is 4.89. The van der Waals surface area contributed by atoms with E-state index in [-0.39, 0.29) is 5.91 Å². The molecule has 116 valence electrons. The molecule has 0 bridgehead atoms. The third-order valence-corrected chi connectivity index (χ3v) is 4.89. The zero-order valence-corrected chi connectivity index (χ0v) is 13.6. The number of aryl methyl sites for hydroxylation is 1. The van der Waals surface area contributed by atoms with Gasteiger partial charge in [0.05, 0.1) is 0 Å². The second-order valence-electron chi connectivity index (χ2n) is 6.30. The normalized spacial score (nSPS) is 16.7. The van der Waals surface area contributed by atoms with Crippen molar-refractivity contribution in [2.24, 2.45) is 5.41 Å². The fourth-order valence-electron chi connectivity index (χ4n) is 3.38. The van der Waals surface area contributed by atoms with Crippen LogP contribution in [0, 0.1) is 12.3 Å². The maximum atomic E-state index is 12.4. The van der Waals surface area contributed by atoms with Crippen molar-refractivity contribution in [1.29, 1.82) is 0 Å². The second-order valence-corrected chi connectivity index (χ2v) is 6.30. The first-order chi connectivity index (χ1) is 10.1. The van der Waals surface area contributed by atoms with Crippen molar-refractivity contribution in [1.82, 2.24) is 5.32 Å². The van der Waals surface area contributed by atoms with Crippen LogP contribution < -0.4 is 10.6 Å². The average molecular weight is 288 g/mol. The van der Waals surface area contributed by atoms with E-state index in [4.69, 9.17) is 0 Å². The van der Waals surface area contributed by atoms with E-state index >= 15 is 0 Å². The van der Waals surface area contributed by atoms with E-state index in [1.165, 1.54) is 25.7 Å². The highest BCUT2D eigenvalue weighted by Crippen LogP contribution is 2.40. The summed E-state index contributed by atoms with van der Waals surface area (Å²) < 4.78 is 0. The van der Waals surface area contributed by atoms with Crippen molar-refractivity contribution < 1.29 is 4.79 Å². The Morgan fingerprint density at radius 3 is 2.52 bits per heavy atom. The van der Waals surface area contributed by atoms with Crippen molar-refractivity contribution >= 4 is 11.6 Å². The van der Waals surface area contributed by atoms with Crippen LogP contribution in [0.1, 0.15) is 61.9 Å². The number of rotatable bonds is 6. The molecule has 1 saturated carbocycles. The van der Waals surface area contributed by atoms with Crippen LogP contribution in [0.2, 0.25) is 0 Å². The van der Waals surface area contributed by atoms with Crippen LogP contribution in [-0.4, -0.2) is 19.0 Å². The lowest BCUT2D eigenvalue weighted by Gasteiger charge is -2.27. The molecule has 1 aromatic carbocycles. The summed E-state index contributed by atoms with van der Waals surface area (Å²) in [6.45, 7) is 8.03. The molecule has 2 rings (SSSR count). The first kappa shape index (κ1) is 15.9. The Balaban J connectivity index is 2.00. The largest absolute Gasteiger partial charge is 0.385 e. The number of hydrogen-bond acceptors (Lipinski definition) is 2. The summed E-state index contributed by atoms with van der Waals surface area (Å²) in [7, 11) is 0. The first-order valence-electron chi connectivity index (χ1n) is 8.23. The quantitative estimate of drug-likeness (QED) is 0.826. The molecule has 0 atom stereocenters. The minimum absolute atomic E-state index is 0.0651. The van der Waals surface area contributed by atoms with Crippen LogP contribution in [0.3, 0.4) is 0 Å². The third kappa shape index (κ3) is 3.78.